The summed E-state index contributed by atoms with van der Waals surface area (Å²) in [6, 6.07) is 88.2. The molecule has 0 amide bonds. The maximum atomic E-state index is 6.66. The lowest BCUT2D eigenvalue weighted by Gasteiger charge is -2.34. The molecule has 0 saturated carbocycles. The summed E-state index contributed by atoms with van der Waals surface area (Å²) in [5.41, 5.74) is 17.3. The van der Waals surface area contributed by atoms with Gasteiger partial charge < -0.3 is 4.42 Å². The first-order valence-electron chi connectivity index (χ1n) is 23.1. The second kappa shape index (κ2) is 16.2. The summed E-state index contributed by atoms with van der Waals surface area (Å²) in [6.07, 6.45) is 0. The Morgan fingerprint density at radius 2 is 0.765 bits per heavy atom. The quantitative estimate of drug-likeness (QED) is 0.153. The number of para-hydroxylation sites is 2. The SMILES string of the molecule is c1ccc(-c2ccc(-c3ccccc3-c3nc(-c4cccc5c4-c4ccc(-c6ccccc6)cc4C5(c4ccccc4)c4ccccc4)nc(-c4cccc5c4oc4ccccc45)n3)cc2)cc1. The lowest BCUT2D eigenvalue weighted by Crippen LogP contribution is -2.28. The van der Waals surface area contributed by atoms with Crippen LogP contribution in [0.4, 0.5) is 0 Å². The molecule has 0 N–H and O–H groups in total. The van der Waals surface area contributed by atoms with E-state index in [2.05, 4.69) is 224 Å². The molecule has 1 aliphatic carbocycles. The molecule has 0 spiro atoms. The molecule has 318 valence electrons. The molecule has 12 aromatic rings. The van der Waals surface area contributed by atoms with E-state index >= 15 is 0 Å². The summed E-state index contributed by atoms with van der Waals surface area (Å²) < 4.78 is 6.66. The van der Waals surface area contributed by atoms with E-state index in [0.29, 0.717) is 17.5 Å². The first kappa shape index (κ1) is 39.4. The maximum Gasteiger partial charge on any atom is 0.167 e. The second-order valence-electron chi connectivity index (χ2n) is 17.4. The molecule has 4 nitrogen and oxygen atoms in total. The zero-order valence-corrected chi connectivity index (χ0v) is 36.9. The minimum atomic E-state index is -0.648. The van der Waals surface area contributed by atoms with Crippen LogP contribution in [0.15, 0.2) is 253 Å². The fourth-order valence-corrected chi connectivity index (χ4v) is 10.6. The van der Waals surface area contributed by atoms with E-state index in [1.807, 2.05) is 24.3 Å². The third-order valence-corrected chi connectivity index (χ3v) is 13.7. The number of nitrogens with zero attached hydrogens (tertiary/aromatic N) is 3. The lowest BCUT2D eigenvalue weighted by atomic mass is 9.67. The van der Waals surface area contributed by atoms with E-state index < -0.39 is 5.41 Å². The van der Waals surface area contributed by atoms with Gasteiger partial charge >= 0.3 is 0 Å². The van der Waals surface area contributed by atoms with Crippen molar-refractivity contribution in [3.63, 3.8) is 0 Å². The smallest absolute Gasteiger partial charge is 0.167 e. The monoisotopic (exact) mass is 867 g/mol. The predicted molar refractivity (Wildman–Crippen MR) is 277 cm³/mol. The molecular weight excluding hydrogens is 827 g/mol. The largest absolute Gasteiger partial charge is 0.455 e. The number of fused-ring (bicyclic) bond motifs is 6. The zero-order chi connectivity index (χ0) is 45.0. The Morgan fingerprint density at radius 3 is 1.46 bits per heavy atom. The van der Waals surface area contributed by atoms with Crippen molar-refractivity contribution < 1.29 is 4.42 Å². The predicted octanol–water partition coefficient (Wildman–Crippen LogP) is 16.1. The van der Waals surface area contributed by atoms with Crippen LogP contribution in [-0.4, -0.2) is 15.0 Å². The van der Waals surface area contributed by atoms with Crippen molar-refractivity contribution in [3.8, 4) is 78.7 Å². The Hall–Kier alpha value is -8.99. The zero-order valence-electron chi connectivity index (χ0n) is 36.9. The highest BCUT2D eigenvalue weighted by Gasteiger charge is 2.47. The molecule has 0 atom stereocenters. The molecule has 0 saturated heterocycles. The van der Waals surface area contributed by atoms with Gasteiger partial charge in [-0.3, -0.25) is 0 Å². The Kier molecular flexibility index (Phi) is 9.36. The summed E-state index contributed by atoms with van der Waals surface area (Å²) in [5, 5.41) is 2.06. The number of aromatic nitrogens is 3. The van der Waals surface area contributed by atoms with Crippen LogP contribution in [0.5, 0.6) is 0 Å². The summed E-state index contributed by atoms with van der Waals surface area (Å²) in [4.78, 5) is 16.4. The molecule has 0 bridgehead atoms. The highest BCUT2D eigenvalue weighted by molar-refractivity contribution is 6.09. The number of hydrogen-bond donors (Lipinski definition) is 0. The summed E-state index contributed by atoms with van der Waals surface area (Å²) in [6.45, 7) is 0. The van der Waals surface area contributed by atoms with Crippen LogP contribution in [0.2, 0.25) is 0 Å². The van der Waals surface area contributed by atoms with Gasteiger partial charge in [-0.25, -0.2) is 15.0 Å². The molecular formula is C64H41N3O. The van der Waals surface area contributed by atoms with Gasteiger partial charge in [-0.05, 0) is 85.0 Å². The van der Waals surface area contributed by atoms with E-state index in [9.17, 15) is 0 Å². The lowest BCUT2D eigenvalue weighted by molar-refractivity contribution is 0.669. The third kappa shape index (κ3) is 6.34. The van der Waals surface area contributed by atoms with E-state index in [1.165, 1.54) is 33.4 Å². The summed E-state index contributed by atoms with van der Waals surface area (Å²) in [7, 11) is 0. The molecule has 68 heavy (non-hydrogen) atoms. The average molecular weight is 868 g/mol. The van der Waals surface area contributed by atoms with Gasteiger partial charge in [0.1, 0.15) is 11.2 Å². The van der Waals surface area contributed by atoms with Crippen LogP contribution in [0.25, 0.3) is 101 Å². The molecule has 10 aromatic carbocycles. The van der Waals surface area contributed by atoms with Crippen molar-refractivity contribution in [1.29, 1.82) is 0 Å². The van der Waals surface area contributed by atoms with Crippen molar-refractivity contribution in [2.75, 3.05) is 0 Å². The van der Waals surface area contributed by atoms with Gasteiger partial charge in [0.05, 0.1) is 11.0 Å². The van der Waals surface area contributed by atoms with Crippen LogP contribution < -0.4 is 0 Å². The number of hydrogen-bond acceptors (Lipinski definition) is 4. The fourth-order valence-electron chi connectivity index (χ4n) is 10.6. The maximum absolute atomic E-state index is 6.66. The molecule has 13 rings (SSSR count). The minimum Gasteiger partial charge on any atom is -0.455 e. The molecule has 0 fully saturated rings. The molecule has 0 unspecified atom stereocenters. The Balaban J connectivity index is 1.08. The van der Waals surface area contributed by atoms with E-state index in [-0.39, 0.29) is 0 Å². The van der Waals surface area contributed by atoms with E-state index in [0.717, 1.165) is 72.0 Å². The van der Waals surface area contributed by atoms with Gasteiger partial charge in [-0.1, -0.05) is 231 Å². The van der Waals surface area contributed by atoms with Crippen molar-refractivity contribution in [2.45, 2.75) is 5.41 Å². The first-order valence-corrected chi connectivity index (χ1v) is 23.1. The molecule has 4 heteroatoms. The van der Waals surface area contributed by atoms with Gasteiger partial charge in [0.2, 0.25) is 0 Å². The Bertz CT molecular complexity index is 3790. The third-order valence-electron chi connectivity index (χ3n) is 13.7. The van der Waals surface area contributed by atoms with Crippen LogP contribution >= 0.6 is 0 Å². The molecule has 0 aliphatic heterocycles. The van der Waals surface area contributed by atoms with Crippen LogP contribution in [-0.2, 0) is 5.41 Å². The summed E-state index contributed by atoms with van der Waals surface area (Å²) in [5.74, 6) is 1.70. The number of benzene rings is 10. The van der Waals surface area contributed by atoms with Crippen molar-refractivity contribution >= 4 is 21.9 Å². The molecule has 2 aromatic heterocycles. The Morgan fingerprint density at radius 1 is 0.294 bits per heavy atom. The van der Waals surface area contributed by atoms with Gasteiger partial charge in [-0.15, -0.1) is 0 Å². The Labute approximate surface area is 394 Å². The van der Waals surface area contributed by atoms with Gasteiger partial charge in [0, 0.05) is 21.9 Å². The van der Waals surface area contributed by atoms with Gasteiger partial charge in [0.15, 0.2) is 17.5 Å². The van der Waals surface area contributed by atoms with Crippen LogP contribution in [0.3, 0.4) is 0 Å². The first-order chi connectivity index (χ1) is 33.7. The van der Waals surface area contributed by atoms with Crippen molar-refractivity contribution in [2.24, 2.45) is 0 Å². The van der Waals surface area contributed by atoms with Crippen molar-refractivity contribution in [1.82, 2.24) is 15.0 Å². The van der Waals surface area contributed by atoms with Gasteiger partial charge in [-0.2, -0.15) is 0 Å². The standard InChI is InChI=1S/C64H41N3O/c1-5-19-42(20-6-1)44-35-37-45(38-36-44)49-27-13-14-29-52(49)61-65-62(67-63(66-61)55-32-17-30-51-50-28-15-16-34-58(50)68-60(51)55)54-31-18-33-56-59(54)53-40-39-46(43-21-7-2-8-22-43)41-57(53)64(56,47-23-9-3-10-24-47)48-25-11-4-12-26-48/h1-41H. The van der Waals surface area contributed by atoms with Crippen LogP contribution in [0, 0.1) is 0 Å². The van der Waals surface area contributed by atoms with Crippen LogP contribution in [0.1, 0.15) is 22.3 Å². The fraction of sp³-hybridized carbons (Fsp3) is 0.0156. The second-order valence-corrected chi connectivity index (χ2v) is 17.4. The highest BCUT2D eigenvalue weighted by atomic mass is 16.3. The number of rotatable bonds is 8. The molecule has 1 aliphatic rings. The minimum absolute atomic E-state index is 0.538. The number of furan rings is 1. The highest BCUT2D eigenvalue weighted by Crippen LogP contribution is 2.59. The van der Waals surface area contributed by atoms with Crippen molar-refractivity contribution in [3.05, 3.63) is 271 Å². The molecule has 0 radical (unpaired) electrons. The van der Waals surface area contributed by atoms with E-state index in [4.69, 9.17) is 19.4 Å². The normalized spacial score (nSPS) is 12.5. The van der Waals surface area contributed by atoms with Gasteiger partial charge in [0.25, 0.3) is 0 Å². The average Bonchev–Trinajstić information content (AvgIpc) is 3.96. The topological polar surface area (TPSA) is 51.8 Å². The summed E-state index contributed by atoms with van der Waals surface area (Å²) >= 11 is 0. The van der Waals surface area contributed by atoms with E-state index in [1.54, 1.807) is 0 Å². The molecule has 2 heterocycles.